The first kappa shape index (κ1) is 20.5. The van der Waals surface area contributed by atoms with Crippen molar-refractivity contribution in [3.63, 3.8) is 0 Å². The predicted molar refractivity (Wildman–Crippen MR) is 106 cm³/mol. The van der Waals surface area contributed by atoms with Crippen molar-refractivity contribution < 1.29 is 18.8 Å². The lowest BCUT2D eigenvalue weighted by atomic mass is 10.1. The number of carbonyl (C=O) groups excluding carboxylic acids is 2. The molecule has 0 amide bonds. The second-order valence-corrected chi connectivity index (χ2v) is 7.33. The molecule has 2 aromatic heterocycles. The molecule has 3 rings (SSSR count). The summed E-state index contributed by atoms with van der Waals surface area (Å²) >= 11 is 17.9. The van der Waals surface area contributed by atoms with E-state index in [-0.39, 0.29) is 26.4 Å². The highest BCUT2D eigenvalue weighted by Gasteiger charge is 2.22. The van der Waals surface area contributed by atoms with Gasteiger partial charge in [0.2, 0.25) is 5.78 Å². The summed E-state index contributed by atoms with van der Waals surface area (Å²) in [5, 5.41) is 4.20. The van der Waals surface area contributed by atoms with Gasteiger partial charge in [-0.2, -0.15) is 0 Å². The molecule has 146 valence electrons. The topological polar surface area (TPSA) is 74.3 Å². The summed E-state index contributed by atoms with van der Waals surface area (Å²) in [6, 6.07) is 6.36. The minimum absolute atomic E-state index is 0.0220. The lowest BCUT2D eigenvalue weighted by Crippen LogP contribution is -2.15. The lowest BCUT2D eigenvalue weighted by Gasteiger charge is -2.09. The number of carbonyl (C=O) groups is 2. The molecule has 0 fully saturated rings. The van der Waals surface area contributed by atoms with E-state index in [9.17, 15) is 9.59 Å². The number of hydrogen-bond acceptors (Lipinski definition) is 5. The first-order valence-corrected chi connectivity index (χ1v) is 9.30. The van der Waals surface area contributed by atoms with Crippen LogP contribution in [0.4, 0.5) is 0 Å². The van der Waals surface area contributed by atoms with Gasteiger partial charge in [0, 0.05) is 23.0 Å². The molecule has 0 aliphatic heterocycles. The zero-order valence-corrected chi connectivity index (χ0v) is 17.4. The highest BCUT2D eigenvalue weighted by molar-refractivity contribution is 6.46. The van der Waals surface area contributed by atoms with Gasteiger partial charge in [0.25, 0.3) is 0 Å². The van der Waals surface area contributed by atoms with Gasteiger partial charge < -0.3 is 9.26 Å². The number of ether oxygens (including phenoxy) is 1. The highest BCUT2D eigenvalue weighted by Crippen LogP contribution is 2.32. The molecule has 0 saturated carbocycles. The van der Waals surface area contributed by atoms with Crippen molar-refractivity contribution in [2.75, 3.05) is 6.61 Å². The zero-order valence-electron chi connectivity index (χ0n) is 15.2. The van der Waals surface area contributed by atoms with E-state index in [1.165, 1.54) is 12.1 Å². The van der Waals surface area contributed by atoms with Crippen molar-refractivity contribution in [3.05, 3.63) is 67.6 Å². The molecule has 28 heavy (non-hydrogen) atoms. The van der Waals surface area contributed by atoms with Crippen LogP contribution in [0.15, 0.2) is 28.8 Å². The fraction of sp³-hybridized carbons (Fsp3) is 0.211. The first-order valence-electron chi connectivity index (χ1n) is 8.17. The van der Waals surface area contributed by atoms with E-state index in [4.69, 9.17) is 44.1 Å². The van der Waals surface area contributed by atoms with Gasteiger partial charge in [-0.05, 0) is 39.0 Å². The SMILES string of the molecule is Cc1cc(-n2c(C)cc(C(=O)COC(=O)c3c(Cl)ccc(Cl)c3Cl)c2C)no1. The Kier molecular flexibility index (Phi) is 5.84. The van der Waals surface area contributed by atoms with Gasteiger partial charge in [0.15, 0.2) is 12.4 Å². The van der Waals surface area contributed by atoms with Crippen molar-refractivity contribution >= 4 is 46.6 Å². The summed E-state index contributed by atoms with van der Waals surface area (Å²) in [5.41, 5.74) is 1.79. The second kappa shape index (κ2) is 7.99. The van der Waals surface area contributed by atoms with Crippen LogP contribution < -0.4 is 0 Å². The maximum atomic E-state index is 12.6. The molecule has 3 aromatic rings. The fourth-order valence-corrected chi connectivity index (χ4v) is 3.53. The number of benzene rings is 1. The number of rotatable bonds is 5. The smallest absolute Gasteiger partial charge is 0.341 e. The number of aromatic nitrogens is 2. The van der Waals surface area contributed by atoms with Gasteiger partial charge in [0.1, 0.15) is 5.76 Å². The Morgan fingerprint density at radius 2 is 1.79 bits per heavy atom. The predicted octanol–water partition coefficient (Wildman–Crippen LogP) is 5.39. The molecule has 9 heteroatoms. The number of aryl methyl sites for hydroxylation is 2. The van der Waals surface area contributed by atoms with Gasteiger partial charge >= 0.3 is 5.97 Å². The minimum atomic E-state index is -0.827. The summed E-state index contributed by atoms with van der Waals surface area (Å²) in [5.74, 6) is 0.0228. The van der Waals surface area contributed by atoms with Crippen molar-refractivity contribution in [2.24, 2.45) is 0 Å². The number of halogens is 3. The molecule has 0 spiro atoms. The molecule has 0 aliphatic carbocycles. The number of nitrogens with zero attached hydrogens (tertiary/aromatic N) is 2. The van der Waals surface area contributed by atoms with E-state index in [2.05, 4.69) is 5.16 Å². The van der Waals surface area contributed by atoms with Crippen LogP contribution >= 0.6 is 34.8 Å². The van der Waals surface area contributed by atoms with Crippen molar-refractivity contribution in [3.8, 4) is 5.82 Å². The van der Waals surface area contributed by atoms with Crippen LogP contribution in [0.5, 0.6) is 0 Å². The molecule has 0 atom stereocenters. The van der Waals surface area contributed by atoms with Crippen LogP contribution in [-0.2, 0) is 4.74 Å². The molecule has 1 aromatic carbocycles. The van der Waals surface area contributed by atoms with Crippen LogP contribution in [0, 0.1) is 20.8 Å². The first-order chi connectivity index (χ1) is 13.2. The molecule has 0 saturated heterocycles. The Labute approximate surface area is 175 Å². The third-order valence-electron chi connectivity index (χ3n) is 4.16. The molecule has 2 heterocycles. The largest absolute Gasteiger partial charge is 0.454 e. The Balaban J connectivity index is 1.80. The fourth-order valence-electron chi connectivity index (χ4n) is 2.85. The second-order valence-electron chi connectivity index (χ2n) is 6.13. The molecule has 6 nitrogen and oxygen atoms in total. The van der Waals surface area contributed by atoms with E-state index in [1.54, 1.807) is 30.5 Å². The normalized spacial score (nSPS) is 10.9. The maximum Gasteiger partial charge on any atom is 0.341 e. The number of Topliss-reactive ketones (excluding diaryl/α,β-unsaturated/α-hetero) is 1. The van der Waals surface area contributed by atoms with Crippen LogP contribution in [0.3, 0.4) is 0 Å². The Bertz CT molecular complexity index is 1090. The quantitative estimate of drug-likeness (QED) is 0.301. The van der Waals surface area contributed by atoms with Gasteiger partial charge in [-0.15, -0.1) is 0 Å². The minimum Gasteiger partial charge on any atom is -0.454 e. The van der Waals surface area contributed by atoms with Crippen LogP contribution in [0.1, 0.15) is 37.9 Å². The standard InChI is InChI=1S/C19H15Cl3N2O4/c1-9-6-12(11(3)24(9)16-7-10(2)28-23-16)15(25)8-27-19(26)17-13(20)4-5-14(21)18(17)22/h4-7H,8H2,1-3H3. The molecule has 0 radical (unpaired) electrons. The van der Waals surface area contributed by atoms with Crippen molar-refractivity contribution in [1.29, 1.82) is 0 Å². The van der Waals surface area contributed by atoms with Gasteiger partial charge in [-0.1, -0.05) is 40.0 Å². The number of esters is 1. The summed E-state index contributed by atoms with van der Waals surface area (Å²) < 4.78 is 12.0. The van der Waals surface area contributed by atoms with E-state index < -0.39 is 12.6 Å². The Morgan fingerprint density at radius 1 is 1.11 bits per heavy atom. The van der Waals surface area contributed by atoms with E-state index in [0.717, 1.165) is 5.69 Å². The van der Waals surface area contributed by atoms with Crippen LogP contribution in [-0.4, -0.2) is 28.1 Å². The lowest BCUT2D eigenvalue weighted by molar-refractivity contribution is 0.0475. The molecular weight excluding hydrogens is 427 g/mol. The molecule has 0 unspecified atom stereocenters. The third kappa shape index (κ3) is 3.81. The molecule has 0 N–H and O–H groups in total. The molecular formula is C19H15Cl3N2O4. The Morgan fingerprint density at radius 3 is 2.43 bits per heavy atom. The van der Waals surface area contributed by atoms with Crippen LogP contribution in [0.2, 0.25) is 15.1 Å². The van der Waals surface area contributed by atoms with Crippen molar-refractivity contribution in [1.82, 2.24) is 9.72 Å². The van der Waals surface area contributed by atoms with E-state index >= 15 is 0 Å². The zero-order chi connectivity index (χ0) is 20.6. The number of ketones is 1. The van der Waals surface area contributed by atoms with Gasteiger partial charge in [0.05, 0.1) is 20.6 Å². The number of hydrogen-bond donors (Lipinski definition) is 0. The molecule has 0 bridgehead atoms. The summed E-state index contributed by atoms with van der Waals surface area (Å²) in [6.07, 6.45) is 0. The van der Waals surface area contributed by atoms with E-state index in [1.807, 2.05) is 6.92 Å². The molecule has 0 aliphatic rings. The monoisotopic (exact) mass is 440 g/mol. The van der Waals surface area contributed by atoms with Crippen LogP contribution in [0.25, 0.3) is 5.82 Å². The van der Waals surface area contributed by atoms with Gasteiger partial charge in [-0.3, -0.25) is 9.36 Å². The average Bonchev–Trinajstić information content (AvgIpc) is 3.19. The van der Waals surface area contributed by atoms with E-state index in [0.29, 0.717) is 22.8 Å². The maximum absolute atomic E-state index is 12.6. The van der Waals surface area contributed by atoms with Crippen molar-refractivity contribution in [2.45, 2.75) is 20.8 Å². The summed E-state index contributed by atoms with van der Waals surface area (Å²) in [7, 11) is 0. The Hall–Kier alpha value is -2.28. The highest BCUT2D eigenvalue weighted by atomic mass is 35.5. The summed E-state index contributed by atoms with van der Waals surface area (Å²) in [6.45, 7) is 4.92. The van der Waals surface area contributed by atoms with Gasteiger partial charge in [-0.25, -0.2) is 4.79 Å². The average molecular weight is 442 g/mol. The third-order valence-corrected chi connectivity index (χ3v) is 5.28. The summed E-state index contributed by atoms with van der Waals surface area (Å²) in [4.78, 5) is 24.9.